The van der Waals surface area contributed by atoms with Crippen LogP contribution in [-0.4, -0.2) is 55.0 Å². The molecule has 0 spiro atoms. The fourth-order valence-corrected chi connectivity index (χ4v) is 4.53. The van der Waals surface area contributed by atoms with Crippen LogP contribution in [0, 0.1) is 5.92 Å². The van der Waals surface area contributed by atoms with Crippen LogP contribution in [0.2, 0.25) is 0 Å². The third-order valence-electron chi connectivity index (χ3n) is 4.79. The maximum Gasteiger partial charge on any atom is 0.257 e. The van der Waals surface area contributed by atoms with E-state index in [1.807, 2.05) is 0 Å². The Balaban J connectivity index is 1.81. The van der Waals surface area contributed by atoms with E-state index in [0.29, 0.717) is 23.3 Å². The Labute approximate surface area is 129 Å². The van der Waals surface area contributed by atoms with Crippen molar-refractivity contribution in [2.45, 2.75) is 25.3 Å². The Hall–Kier alpha value is -1.34. The molecule has 2 aliphatic rings. The molecule has 0 radical (unpaired) electrons. The molecule has 2 unspecified atom stereocenters. The van der Waals surface area contributed by atoms with Crippen molar-refractivity contribution in [3.05, 3.63) is 5.56 Å². The van der Waals surface area contributed by atoms with Gasteiger partial charge in [0.15, 0.2) is 5.82 Å². The van der Waals surface area contributed by atoms with Gasteiger partial charge in [-0.05, 0) is 50.3 Å². The Kier molecular flexibility index (Phi) is 4.03. The van der Waals surface area contributed by atoms with Gasteiger partial charge in [-0.25, -0.2) is 0 Å². The normalized spacial score (nSPS) is 26.5. The fourth-order valence-electron chi connectivity index (χ4n) is 3.68. The Bertz CT molecular complexity index is 531. The average molecular weight is 309 g/mol. The van der Waals surface area contributed by atoms with Crippen LogP contribution in [0.4, 0.5) is 10.8 Å². The molecule has 1 aromatic heterocycles. The van der Waals surface area contributed by atoms with E-state index in [9.17, 15) is 4.79 Å². The highest BCUT2D eigenvalue weighted by Gasteiger charge is 2.36. The molecule has 7 heteroatoms. The van der Waals surface area contributed by atoms with Crippen LogP contribution in [0.3, 0.4) is 0 Å². The molecule has 2 fully saturated rings. The van der Waals surface area contributed by atoms with Gasteiger partial charge in [-0.3, -0.25) is 4.79 Å². The van der Waals surface area contributed by atoms with Gasteiger partial charge in [0.1, 0.15) is 10.6 Å². The zero-order chi connectivity index (χ0) is 15.0. The number of aromatic nitrogens is 1. The van der Waals surface area contributed by atoms with E-state index < -0.39 is 0 Å². The van der Waals surface area contributed by atoms with Crippen molar-refractivity contribution in [2.75, 3.05) is 44.4 Å². The lowest BCUT2D eigenvalue weighted by molar-refractivity contribution is 0.0960. The molecule has 2 atom stereocenters. The summed E-state index contributed by atoms with van der Waals surface area (Å²) >= 11 is 1.34. The first-order valence-electron chi connectivity index (χ1n) is 7.54. The molecular weight excluding hydrogens is 286 g/mol. The molecule has 3 N–H and O–H groups in total. The number of nitrogens with two attached hydrogens (primary N) is 1. The van der Waals surface area contributed by atoms with Crippen molar-refractivity contribution in [3.8, 4) is 0 Å². The lowest BCUT2D eigenvalue weighted by Gasteiger charge is -2.46. The highest BCUT2D eigenvalue weighted by atomic mass is 32.1. The number of fused-ring (bicyclic) bond motifs is 1. The maximum absolute atomic E-state index is 12.0. The van der Waals surface area contributed by atoms with Gasteiger partial charge in [0.2, 0.25) is 0 Å². The van der Waals surface area contributed by atoms with E-state index >= 15 is 0 Å². The van der Waals surface area contributed by atoms with Gasteiger partial charge in [-0.2, -0.15) is 4.37 Å². The number of nitrogen functional groups attached to an aromatic ring is 1. The third kappa shape index (κ3) is 2.60. The number of rotatable bonds is 2. The van der Waals surface area contributed by atoms with Gasteiger partial charge in [-0.1, -0.05) is 0 Å². The Morgan fingerprint density at radius 3 is 3.00 bits per heavy atom. The molecule has 3 rings (SSSR count). The summed E-state index contributed by atoms with van der Waals surface area (Å²) in [5.74, 6) is 0.884. The zero-order valence-corrected chi connectivity index (χ0v) is 13.4. The molecule has 1 amide bonds. The molecule has 2 aliphatic heterocycles. The molecule has 0 aliphatic carbocycles. The number of amides is 1. The summed E-state index contributed by atoms with van der Waals surface area (Å²) in [6.07, 6.45) is 3.68. The molecule has 6 nitrogen and oxygen atoms in total. The highest BCUT2D eigenvalue weighted by Crippen LogP contribution is 2.36. The topological polar surface area (TPSA) is 74.5 Å². The van der Waals surface area contributed by atoms with E-state index in [4.69, 9.17) is 5.73 Å². The summed E-state index contributed by atoms with van der Waals surface area (Å²) in [7, 11) is 3.86. The molecule has 21 heavy (non-hydrogen) atoms. The first-order valence-corrected chi connectivity index (χ1v) is 8.31. The monoisotopic (exact) mass is 309 g/mol. The molecular formula is C14H23N5OS. The molecule has 0 aromatic carbocycles. The van der Waals surface area contributed by atoms with Gasteiger partial charge in [0, 0.05) is 26.2 Å². The summed E-state index contributed by atoms with van der Waals surface area (Å²) in [6, 6.07) is 0.684. The maximum atomic E-state index is 12.0. The number of nitrogens with zero attached hydrogens (tertiary/aromatic N) is 3. The Morgan fingerprint density at radius 1 is 1.43 bits per heavy atom. The van der Waals surface area contributed by atoms with E-state index in [1.165, 1.54) is 30.9 Å². The zero-order valence-electron chi connectivity index (χ0n) is 12.6. The number of likely N-dealkylation sites (tertiary alicyclic amines) is 1. The molecule has 2 saturated heterocycles. The first-order chi connectivity index (χ1) is 10.1. The van der Waals surface area contributed by atoms with Crippen LogP contribution in [-0.2, 0) is 0 Å². The van der Waals surface area contributed by atoms with E-state index in [-0.39, 0.29) is 5.91 Å². The average Bonchev–Trinajstić information content (AvgIpc) is 2.88. The van der Waals surface area contributed by atoms with E-state index in [2.05, 4.69) is 26.5 Å². The minimum absolute atomic E-state index is 0.140. The number of anilines is 2. The van der Waals surface area contributed by atoms with Crippen LogP contribution in [0.25, 0.3) is 0 Å². The fraction of sp³-hybridized carbons (Fsp3) is 0.714. The van der Waals surface area contributed by atoms with Crippen molar-refractivity contribution in [1.82, 2.24) is 14.6 Å². The van der Waals surface area contributed by atoms with Crippen LogP contribution >= 0.6 is 11.5 Å². The summed E-state index contributed by atoms with van der Waals surface area (Å²) in [5, 5.41) is 3.59. The van der Waals surface area contributed by atoms with E-state index in [1.54, 1.807) is 7.05 Å². The van der Waals surface area contributed by atoms with Crippen molar-refractivity contribution in [1.29, 1.82) is 0 Å². The standard InChI is InChI=1S/C14H23N5OS/c1-16-13(20)11-12(15)17-21-14(11)19-7-5-10-9(8-19)4-3-6-18(10)2/h9-10H,3-8H2,1-2H3,(H2,15,17)(H,16,20). The predicted octanol–water partition coefficient (Wildman–Crippen LogP) is 1.01. The van der Waals surface area contributed by atoms with Crippen LogP contribution < -0.4 is 16.0 Å². The first kappa shape index (κ1) is 14.6. The minimum atomic E-state index is -0.140. The van der Waals surface area contributed by atoms with Crippen molar-refractivity contribution >= 4 is 28.3 Å². The number of piperidine rings is 2. The molecule has 3 heterocycles. The van der Waals surface area contributed by atoms with Crippen molar-refractivity contribution in [3.63, 3.8) is 0 Å². The van der Waals surface area contributed by atoms with Gasteiger partial charge in [-0.15, -0.1) is 0 Å². The van der Waals surface area contributed by atoms with Gasteiger partial charge in [0.25, 0.3) is 5.91 Å². The van der Waals surface area contributed by atoms with Crippen LogP contribution in [0.15, 0.2) is 0 Å². The minimum Gasteiger partial charge on any atom is -0.382 e. The van der Waals surface area contributed by atoms with Gasteiger partial charge >= 0.3 is 0 Å². The number of carbonyl (C=O) groups excluding carboxylic acids is 1. The molecule has 116 valence electrons. The van der Waals surface area contributed by atoms with Gasteiger partial charge in [0.05, 0.1) is 0 Å². The summed E-state index contributed by atoms with van der Waals surface area (Å²) in [4.78, 5) is 16.8. The van der Waals surface area contributed by atoms with Crippen LogP contribution in [0.5, 0.6) is 0 Å². The van der Waals surface area contributed by atoms with Gasteiger partial charge < -0.3 is 20.9 Å². The summed E-state index contributed by atoms with van der Waals surface area (Å²) in [5.41, 5.74) is 6.43. The largest absolute Gasteiger partial charge is 0.382 e. The summed E-state index contributed by atoms with van der Waals surface area (Å²) in [6.45, 7) is 3.18. The SMILES string of the molecule is CNC(=O)c1c(N)nsc1N1CCC2C(CCCN2C)C1. The van der Waals surface area contributed by atoms with Crippen molar-refractivity contribution in [2.24, 2.45) is 5.92 Å². The summed E-state index contributed by atoms with van der Waals surface area (Å²) < 4.78 is 4.19. The quantitative estimate of drug-likeness (QED) is 0.853. The third-order valence-corrected chi connectivity index (χ3v) is 5.71. The predicted molar refractivity (Wildman–Crippen MR) is 85.9 cm³/mol. The van der Waals surface area contributed by atoms with Crippen molar-refractivity contribution < 1.29 is 4.79 Å². The highest BCUT2D eigenvalue weighted by molar-refractivity contribution is 7.11. The van der Waals surface area contributed by atoms with E-state index in [0.717, 1.165) is 24.5 Å². The second kappa shape index (κ2) is 5.81. The lowest BCUT2D eigenvalue weighted by Crippen LogP contribution is -2.52. The number of nitrogens with one attached hydrogen (secondary N) is 1. The molecule has 1 aromatic rings. The second-order valence-electron chi connectivity index (χ2n) is 6.01. The lowest BCUT2D eigenvalue weighted by atomic mass is 9.84. The smallest absolute Gasteiger partial charge is 0.257 e. The molecule has 0 saturated carbocycles. The number of hydrogen-bond acceptors (Lipinski definition) is 6. The second-order valence-corrected chi connectivity index (χ2v) is 6.76. The Morgan fingerprint density at radius 2 is 2.24 bits per heavy atom. The van der Waals surface area contributed by atoms with Crippen LogP contribution in [0.1, 0.15) is 29.6 Å². The molecule has 0 bridgehead atoms. The number of carbonyl (C=O) groups is 1. The number of hydrogen-bond donors (Lipinski definition) is 2.